The standard InChI is InChI=1S/C21H28N2O2/c1-4-15-14-23(2)12-10-16(15)5-8-21(24)18-9-11-22-20-7-6-17(25-3)13-19(18)20/h4,6-7,9,11,13,15-16,21,24H,1,5,8,10,12,14H2,2-3H3/t15-,16?,21+/m0/s1. The summed E-state index contributed by atoms with van der Waals surface area (Å²) >= 11 is 0. The average molecular weight is 340 g/mol. The summed E-state index contributed by atoms with van der Waals surface area (Å²) in [4.78, 5) is 6.76. The Bertz CT molecular complexity index is 731. The largest absolute Gasteiger partial charge is 0.497 e. The van der Waals surface area contributed by atoms with Crippen molar-refractivity contribution in [2.75, 3.05) is 27.2 Å². The minimum atomic E-state index is -0.484. The zero-order valence-corrected chi connectivity index (χ0v) is 15.2. The molecule has 1 aromatic heterocycles. The zero-order valence-electron chi connectivity index (χ0n) is 15.2. The molecule has 1 N–H and O–H groups in total. The highest BCUT2D eigenvalue weighted by Crippen LogP contribution is 2.33. The first kappa shape index (κ1) is 17.9. The maximum absolute atomic E-state index is 10.8. The number of nitrogens with zero attached hydrogens (tertiary/aromatic N) is 2. The number of fused-ring (bicyclic) bond motifs is 1. The summed E-state index contributed by atoms with van der Waals surface area (Å²) in [6.07, 6.45) is 6.32. The van der Waals surface area contributed by atoms with Crippen LogP contribution in [0.15, 0.2) is 43.1 Å². The van der Waals surface area contributed by atoms with Crippen LogP contribution >= 0.6 is 0 Å². The van der Waals surface area contributed by atoms with E-state index in [2.05, 4.69) is 29.6 Å². The monoisotopic (exact) mass is 340 g/mol. The van der Waals surface area contributed by atoms with Crippen LogP contribution in [-0.4, -0.2) is 42.2 Å². The van der Waals surface area contributed by atoms with Crippen molar-refractivity contribution in [1.82, 2.24) is 9.88 Å². The summed E-state index contributed by atoms with van der Waals surface area (Å²) in [7, 11) is 3.82. The highest BCUT2D eigenvalue weighted by atomic mass is 16.5. The maximum atomic E-state index is 10.8. The Hall–Kier alpha value is -1.91. The molecule has 1 saturated heterocycles. The van der Waals surface area contributed by atoms with Gasteiger partial charge in [0, 0.05) is 18.1 Å². The Morgan fingerprint density at radius 2 is 2.28 bits per heavy atom. The van der Waals surface area contributed by atoms with Gasteiger partial charge in [-0.1, -0.05) is 6.08 Å². The lowest BCUT2D eigenvalue weighted by Gasteiger charge is -2.35. The molecule has 3 atom stereocenters. The van der Waals surface area contributed by atoms with E-state index in [1.165, 1.54) is 6.42 Å². The normalized spacial score (nSPS) is 22.7. The average Bonchev–Trinajstić information content (AvgIpc) is 2.65. The Balaban J connectivity index is 1.74. The molecule has 1 aromatic carbocycles. The maximum Gasteiger partial charge on any atom is 0.119 e. The smallest absolute Gasteiger partial charge is 0.119 e. The molecular weight excluding hydrogens is 312 g/mol. The van der Waals surface area contributed by atoms with Gasteiger partial charge in [0.1, 0.15) is 5.75 Å². The van der Waals surface area contributed by atoms with Crippen LogP contribution in [0.2, 0.25) is 0 Å². The minimum absolute atomic E-state index is 0.484. The molecule has 0 spiro atoms. The van der Waals surface area contributed by atoms with Crippen molar-refractivity contribution >= 4 is 10.9 Å². The SMILES string of the molecule is C=C[C@H]1CN(C)CCC1CC[C@@H](O)c1ccnc2ccc(OC)cc12. The number of benzene rings is 1. The highest BCUT2D eigenvalue weighted by molar-refractivity contribution is 5.83. The third kappa shape index (κ3) is 4.02. The Morgan fingerprint density at radius 1 is 1.44 bits per heavy atom. The van der Waals surface area contributed by atoms with E-state index in [1.807, 2.05) is 24.3 Å². The van der Waals surface area contributed by atoms with Gasteiger partial charge >= 0.3 is 0 Å². The molecule has 0 radical (unpaired) electrons. The van der Waals surface area contributed by atoms with Crippen LogP contribution in [0, 0.1) is 11.8 Å². The predicted molar refractivity (Wildman–Crippen MR) is 102 cm³/mol. The first-order valence-electron chi connectivity index (χ1n) is 9.04. The molecule has 4 heteroatoms. The highest BCUT2D eigenvalue weighted by Gasteiger charge is 2.26. The molecule has 134 valence electrons. The summed E-state index contributed by atoms with van der Waals surface area (Å²) in [5.41, 5.74) is 1.83. The van der Waals surface area contributed by atoms with Gasteiger partial charge in [-0.15, -0.1) is 6.58 Å². The molecule has 1 aliphatic rings. The van der Waals surface area contributed by atoms with E-state index >= 15 is 0 Å². The second-order valence-corrected chi connectivity index (χ2v) is 7.09. The number of methoxy groups -OCH3 is 1. The van der Waals surface area contributed by atoms with Crippen LogP contribution in [0.3, 0.4) is 0 Å². The van der Waals surface area contributed by atoms with Crippen LogP contribution in [0.1, 0.15) is 30.9 Å². The van der Waals surface area contributed by atoms with E-state index in [-0.39, 0.29) is 0 Å². The first-order valence-corrected chi connectivity index (χ1v) is 9.04. The number of aliphatic hydroxyl groups excluding tert-OH is 1. The van der Waals surface area contributed by atoms with Crippen molar-refractivity contribution in [1.29, 1.82) is 0 Å². The number of pyridine rings is 1. The van der Waals surface area contributed by atoms with Crippen LogP contribution in [-0.2, 0) is 0 Å². The Morgan fingerprint density at radius 3 is 3.04 bits per heavy atom. The van der Waals surface area contributed by atoms with E-state index in [0.717, 1.165) is 48.1 Å². The number of hydrogen-bond acceptors (Lipinski definition) is 4. The molecule has 2 aromatic rings. The van der Waals surface area contributed by atoms with E-state index in [0.29, 0.717) is 11.8 Å². The van der Waals surface area contributed by atoms with E-state index in [1.54, 1.807) is 13.3 Å². The van der Waals surface area contributed by atoms with E-state index < -0.39 is 6.10 Å². The second-order valence-electron chi connectivity index (χ2n) is 7.09. The van der Waals surface area contributed by atoms with Gasteiger partial charge in [-0.05, 0) is 74.5 Å². The van der Waals surface area contributed by atoms with Gasteiger partial charge in [-0.3, -0.25) is 4.98 Å². The van der Waals surface area contributed by atoms with Crippen molar-refractivity contribution in [3.63, 3.8) is 0 Å². The molecule has 3 rings (SSSR count). The van der Waals surface area contributed by atoms with Crippen LogP contribution in [0.25, 0.3) is 10.9 Å². The van der Waals surface area contributed by atoms with Crippen molar-refractivity contribution in [2.45, 2.75) is 25.4 Å². The Kier molecular flexibility index (Phi) is 5.71. The van der Waals surface area contributed by atoms with Crippen molar-refractivity contribution in [2.24, 2.45) is 11.8 Å². The van der Waals surface area contributed by atoms with Crippen molar-refractivity contribution in [3.05, 3.63) is 48.7 Å². The third-order valence-electron chi connectivity index (χ3n) is 5.46. The fraction of sp³-hybridized carbons (Fsp3) is 0.476. The van der Waals surface area contributed by atoms with Gasteiger partial charge in [0.15, 0.2) is 0 Å². The quantitative estimate of drug-likeness (QED) is 0.812. The third-order valence-corrected chi connectivity index (χ3v) is 5.46. The molecule has 1 fully saturated rings. The number of rotatable bonds is 6. The van der Waals surface area contributed by atoms with E-state index in [9.17, 15) is 5.11 Å². The number of ether oxygens (including phenoxy) is 1. The molecule has 2 heterocycles. The summed E-state index contributed by atoms with van der Waals surface area (Å²) in [5, 5.41) is 11.8. The number of piperidine rings is 1. The summed E-state index contributed by atoms with van der Waals surface area (Å²) < 4.78 is 5.33. The van der Waals surface area contributed by atoms with Gasteiger partial charge in [0.25, 0.3) is 0 Å². The van der Waals surface area contributed by atoms with Gasteiger partial charge in [-0.25, -0.2) is 0 Å². The molecule has 1 unspecified atom stereocenters. The van der Waals surface area contributed by atoms with Gasteiger partial charge in [0.05, 0.1) is 18.7 Å². The molecule has 0 aliphatic carbocycles. The molecule has 0 amide bonds. The lowest BCUT2D eigenvalue weighted by atomic mass is 9.81. The van der Waals surface area contributed by atoms with Crippen molar-refractivity contribution < 1.29 is 9.84 Å². The fourth-order valence-electron chi connectivity index (χ4n) is 3.92. The molecule has 1 aliphatic heterocycles. The molecule has 25 heavy (non-hydrogen) atoms. The van der Waals surface area contributed by atoms with Gasteiger partial charge < -0.3 is 14.7 Å². The van der Waals surface area contributed by atoms with Crippen LogP contribution in [0.5, 0.6) is 5.75 Å². The number of aliphatic hydroxyl groups is 1. The fourth-order valence-corrected chi connectivity index (χ4v) is 3.92. The predicted octanol–water partition coefficient (Wildman–Crippen LogP) is 3.81. The second kappa shape index (κ2) is 7.98. The molecule has 4 nitrogen and oxygen atoms in total. The number of aromatic nitrogens is 1. The van der Waals surface area contributed by atoms with Gasteiger partial charge in [-0.2, -0.15) is 0 Å². The van der Waals surface area contributed by atoms with E-state index in [4.69, 9.17) is 4.74 Å². The Labute approximate surface area is 150 Å². The summed E-state index contributed by atoms with van der Waals surface area (Å²) in [6, 6.07) is 7.73. The number of hydrogen-bond donors (Lipinski definition) is 1. The zero-order chi connectivity index (χ0) is 17.8. The summed E-state index contributed by atoms with van der Waals surface area (Å²) in [6.45, 7) is 6.20. The van der Waals surface area contributed by atoms with Crippen LogP contribution in [0.4, 0.5) is 0 Å². The topological polar surface area (TPSA) is 45.6 Å². The molecule has 0 saturated carbocycles. The molecule has 0 bridgehead atoms. The first-order chi connectivity index (χ1) is 12.1. The lowest BCUT2D eigenvalue weighted by Crippen LogP contribution is -2.37. The summed E-state index contributed by atoms with van der Waals surface area (Å²) in [5.74, 6) is 1.90. The molecular formula is C21H28N2O2. The van der Waals surface area contributed by atoms with Crippen LogP contribution < -0.4 is 4.74 Å². The number of likely N-dealkylation sites (tertiary alicyclic amines) is 1. The lowest BCUT2D eigenvalue weighted by molar-refractivity contribution is 0.124. The van der Waals surface area contributed by atoms with Gasteiger partial charge in [0.2, 0.25) is 0 Å². The van der Waals surface area contributed by atoms with Crippen molar-refractivity contribution in [3.8, 4) is 5.75 Å². The minimum Gasteiger partial charge on any atom is -0.497 e.